The van der Waals surface area contributed by atoms with Gasteiger partial charge in [0.1, 0.15) is 0 Å². The molecule has 1 nitrogen and oxygen atoms in total. The van der Waals surface area contributed by atoms with Crippen molar-refractivity contribution in [3.05, 3.63) is 6.42 Å². The van der Waals surface area contributed by atoms with Gasteiger partial charge in [-0.3, -0.25) is 0 Å². The highest BCUT2D eigenvalue weighted by atomic mass is 14.5. The first-order chi connectivity index (χ1) is 4.83. The van der Waals surface area contributed by atoms with Crippen LogP contribution in [0, 0.1) is 18.3 Å². The van der Waals surface area contributed by atoms with Crippen molar-refractivity contribution in [3.63, 3.8) is 0 Å². The number of hydrogen-bond acceptors (Lipinski definition) is 1. The predicted octanol–water partition coefficient (Wildman–Crippen LogP) is 1.98. The van der Waals surface area contributed by atoms with Crippen LogP contribution in [0.1, 0.15) is 32.6 Å². The average Bonchev–Trinajstić information content (AvgIpc) is 2.40. The Labute approximate surface area is 64.0 Å². The van der Waals surface area contributed by atoms with E-state index >= 15 is 0 Å². The Kier molecular flexibility index (Phi) is 3.20. The summed E-state index contributed by atoms with van der Waals surface area (Å²) < 4.78 is 0. The van der Waals surface area contributed by atoms with Crippen LogP contribution in [0.4, 0.5) is 0 Å². The highest BCUT2D eigenvalue weighted by Gasteiger charge is 2.16. The summed E-state index contributed by atoms with van der Waals surface area (Å²) in [4.78, 5) is 0. The Morgan fingerprint density at radius 3 is 3.00 bits per heavy atom. The summed E-state index contributed by atoms with van der Waals surface area (Å²) in [6.07, 6.45) is 7.83. The van der Waals surface area contributed by atoms with Crippen LogP contribution >= 0.6 is 0 Å². The van der Waals surface area contributed by atoms with E-state index < -0.39 is 0 Å². The zero-order valence-electron chi connectivity index (χ0n) is 6.84. The lowest BCUT2D eigenvalue weighted by Gasteiger charge is -2.13. The molecule has 0 saturated heterocycles. The van der Waals surface area contributed by atoms with Gasteiger partial charge in [-0.1, -0.05) is 13.3 Å². The molecular formula is C9H18N. The van der Waals surface area contributed by atoms with Crippen LogP contribution in [0.15, 0.2) is 0 Å². The lowest BCUT2D eigenvalue weighted by atomic mass is 9.95. The van der Waals surface area contributed by atoms with Crippen LogP contribution in [0.5, 0.6) is 0 Å². The lowest BCUT2D eigenvalue weighted by molar-refractivity contribution is 0.407. The van der Waals surface area contributed by atoms with Crippen LogP contribution in [-0.2, 0) is 0 Å². The molecule has 2 unspecified atom stereocenters. The Morgan fingerprint density at radius 2 is 2.50 bits per heavy atom. The van der Waals surface area contributed by atoms with Crippen LogP contribution < -0.4 is 5.73 Å². The largest absolute Gasteiger partial charge is 0.330 e. The first-order valence-electron chi connectivity index (χ1n) is 4.34. The zero-order valence-corrected chi connectivity index (χ0v) is 6.84. The summed E-state index contributed by atoms with van der Waals surface area (Å²) in [6, 6.07) is 0. The van der Waals surface area contributed by atoms with E-state index in [-0.39, 0.29) is 0 Å². The molecule has 1 fully saturated rings. The molecule has 0 aromatic carbocycles. The Morgan fingerprint density at radius 1 is 1.70 bits per heavy atom. The molecule has 0 aromatic rings. The molecule has 1 aliphatic rings. The molecule has 0 amide bonds. The van der Waals surface area contributed by atoms with Crippen molar-refractivity contribution in [3.8, 4) is 0 Å². The zero-order chi connectivity index (χ0) is 7.40. The van der Waals surface area contributed by atoms with E-state index in [9.17, 15) is 0 Å². The maximum Gasteiger partial charge on any atom is -0.00514 e. The molecule has 1 heteroatoms. The van der Waals surface area contributed by atoms with Crippen molar-refractivity contribution in [1.82, 2.24) is 0 Å². The number of nitrogens with two attached hydrogens (primary N) is 1. The molecule has 1 aliphatic carbocycles. The Bertz CT molecular complexity index is 84.7. The molecule has 0 bridgehead atoms. The molecular weight excluding hydrogens is 122 g/mol. The monoisotopic (exact) mass is 140 g/mol. The van der Waals surface area contributed by atoms with Crippen LogP contribution in [0.3, 0.4) is 0 Å². The molecule has 0 aromatic heterocycles. The van der Waals surface area contributed by atoms with E-state index in [1.807, 2.05) is 0 Å². The average molecular weight is 140 g/mol. The fourth-order valence-electron chi connectivity index (χ4n) is 1.70. The highest BCUT2D eigenvalue weighted by molar-refractivity contribution is 4.81. The minimum atomic E-state index is 0.733. The Hall–Kier alpha value is -0.0400. The molecule has 2 N–H and O–H groups in total. The molecule has 0 heterocycles. The third-order valence-corrected chi connectivity index (χ3v) is 2.42. The smallest absolute Gasteiger partial charge is 0.00514 e. The summed E-state index contributed by atoms with van der Waals surface area (Å²) >= 11 is 0. The van der Waals surface area contributed by atoms with Gasteiger partial charge in [0, 0.05) is 0 Å². The summed E-state index contributed by atoms with van der Waals surface area (Å²) in [5.74, 6) is 1.69. The number of hydrogen-bond donors (Lipinski definition) is 1. The van der Waals surface area contributed by atoms with Crippen molar-refractivity contribution in [2.45, 2.75) is 32.6 Å². The van der Waals surface area contributed by atoms with Crippen LogP contribution in [0.2, 0.25) is 0 Å². The Balaban J connectivity index is 2.11. The van der Waals surface area contributed by atoms with Gasteiger partial charge in [-0.15, -0.1) is 0 Å². The molecule has 1 saturated carbocycles. The first kappa shape index (κ1) is 8.06. The SMILES string of the molecule is CC(CN)CC1C[CH]CC1. The predicted molar refractivity (Wildman–Crippen MR) is 44.5 cm³/mol. The second-order valence-electron chi connectivity index (χ2n) is 3.54. The normalized spacial score (nSPS) is 23.4. The lowest BCUT2D eigenvalue weighted by Crippen LogP contribution is -2.13. The van der Waals surface area contributed by atoms with E-state index in [0.717, 1.165) is 18.4 Å². The summed E-state index contributed by atoms with van der Waals surface area (Å²) in [5.41, 5.74) is 5.54. The molecule has 59 valence electrons. The third-order valence-electron chi connectivity index (χ3n) is 2.42. The van der Waals surface area contributed by atoms with Crippen LogP contribution in [0.25, 0.3) is 0 Å². The van der Waals surface area contributed by atoms with Crippen LogP contribution in [-0.4, -0.2) is 6.54 Å². The van der Waals surface area contributed by atoms with Gasteiger partial charge in [-0.25, -0.2) is 0 Å². The van der Waals surface area contributed by atoms with Gasteiger partial charge in [0.2, 0.25) is 0 Å². The van der Waals surface area contributed by atoms with Crippen molar-refractivity contribution in [2.75, 3.05) is 6.54 Å². The second-order valence-corrected chi connectivity index (χ2v) is 3.54. The molecule has 2 atom stereocenters. The van der Waals surface area contributed by atoms with Gasteiger partial charge < -0.3 is 5.73 Å². The minimum absolute atomic E-state index is 0.733. The summed E-state index contributed by atoms with van der Waals surface area (Å²) in [6.45, 7) is 3.11. The second kappa shape index (κ2) is 3.97. The van der Waals surface area contributed by atoms with Crippen molar-refractivity contribution >= 4 is 0 Å². The molecule has 0 aliphatic heterocycles. The third kappa shape index (κ3) is 2.30. The standard InChI is InChI=1S/C9H18N/c1-8(7-10)6-9-4-2-3-5-9/h2,8-9H,3-7,10H2,1H3. The summed E-state index contributed by atoms with van der Waals surface area (Å²) in [5, 5.41) is 0. The van der Waals surface area contributed by atoms with Gasteiger partial charge in [0.05, 0.1) is 0 Å². The van der Waals surface area contributed by atoms with E-state index in [1.165, 1.54) is 25.7 Å². The van der Waals surface area contributed by atoms with Gasteiger partial charge in [-0.2, -0.15) is 0 Å². The fourth-order valence-corrected chi connectivity index (χ4v) is 1.70. The van der Waals surface area contributed by atoms with Gasteiger partial charge in [0.15, 0.2) is 0 Å². The van der Waals surface area contributed by atoms with Gasteiger partial charge in [0.25, 0.3) is 0 Å². The van der Waals surface area contributed by atoms with E-state index in [0.29, 0.717) is 0 Å². The molecule has 1 radical (unpaired) electrons. The number of rotatable bonds is 3. The van der Waals surface area contributed by atoms with Crippen molar-refractivity contribution in [1.29, 1.82) is 0 Å². The van der Waals surface area contributed by atoms with Gasteiger partial charge in [-0.05, 0) is 44.1 Å². The highest BCUT2D eigenvalue weighted by Crippen LogP contribution is 2.28. The summed E-state index contributed by atoms with van der Waals surface area (Å²) in [7, 11) is 0. The maximum absolute atomic E-state index is 5.54. The van der Waals surface area contributed by atoms with E-state index in [4.69, 9.17) is 5.73 Å². The molecule has 10 heavy (non-hydrogen) atoms. The quantitative estimate of drug-likeness (QED) is 0.637. The minimum Gasteiger partial charge on any atom is -0.330 e. The fraction of sp³-hybridized carbons (Fsp3) is 0.889. The van der Waals surface area contributed by atoms with E-state index in [1.54, 1.807) is 0 Å². The maximum atomic E-state index is 5.54. The topological polar surface area (TPSA) is 26.0 Å². The first-order valence-corrected chi connectivity index (χ1v) is 4.34. The molecule has 1 rings (SSSR count). The van der Waals surface area contributed by atoms with Gasteiger partial charge >= 0.3 is 0 Å². The van der Waals surface area contributed by atoms with Crippen molar-refractivity contribution < 1.29 is 0 Å². The van der Waals surface area contributed by atoms with Crippen molar-refractivity contribution in [2.24, 2.45) is 17.6 Å². The molecule has 0 spiro atoms. The van der Waals surface area contributed by atoms with E-state index in [2.05, 4.69) is 13.3 Å².